The summed E-state index contributed by atoms with van der Waals surface area (Å²) in [5, 5.41) is 10.4. The van der Waals surface area contributed by atoms with Gasteiger partial charge in [-0.1, -0.05) is 37.8 Å². The Hall–Kier alpha value is -1.18. The maximum Gasteiger partial charge on any atom is 0.305 e. The SMILES string of the molecule is CCCCCC#C[C@]1(S)C=CC=C[C@]1(O)OC(C)=O. The normalized spacial score (nSPS) is 28.6. The molecule has 0 aromatic heterocycles. The monoisotopic (exact) mass is 280 g/mol. The van der Waals surface area contributed by atoms with E-state index in [4.69, 9.17) is 4.74 Å². The molecule has 1 aliphatic rings. The maximum absolute atomic E-state index is 11.1. The van der Waals surface area contributed by atoms with Crippen molar-refractivity contribution in [3.05, 3.63) is 24.3 Å². The molecular weight excluding hydrogens is 260 g/mol. The van der Waals surface area contributed by atoms with Gasteiger partial charge < -0.3 is 9.84 Å². The summed E-state index contributed by atoms with van der Waals surface area (Å²) in [5.41, 5.74) is 0. The minimum Gasteiger partial charge on any atom is -0.427 e. The highest BCUT2D eigenvalue weighted by Crippen LogP contribution is 2.35. The fourth-order valence-corrected chi connectivity index (χ4v) is 2.04. The summed E-state index contributed by atoms with van der Waals surface area (Å²) in [7, 11) is 0. The van der Waals surface area contributed by atoms with Crippen molar-refractivity contribution < 1.29 is 14.6 Å². The fraction of sp³-hybridized carbons (Fsp3) is 0.533. The van der Waals surface area contributed by atoms with E-state index in [1.807, 2.05) is 0 Å². The molecule has 4 heteroatoms. The van der Waals surface area contributed by atoms with Gasteiger partial charge >= 0.3 is 5.97 Å². The Balaban J connectivity index is 2.83. The van der Waals surface area contributed by atoms with Gasteiger partial charge in [0.2, 0.25) is 0 Å². The second-order valence-corrected chi connectivity index (χ2v) is 5.24. The molecule has 1 N–H and O–H groups in total. The lowest BCUT2D eigenvalue weighted by Gasteiger charge is -2.36. The average Bonchev–Trinajstić information content (AvgIpc) is 2.32. The van der Waals surface area contributed by atoms with Crippen molar-refractivity contribution in [3.63, 3.8) is 0 Å². The molecule has 0 saturated heterocycles. The van der Waals surface area contributed by atoms with Crippen LogP contribution in [0, 0.1) is 11.8 Å². The van der Waals surface area contributed by atoms with Crippen LogP contribution in [0.1, 0.15) is 39.5 Å². The van der Waals surface area contributed by atoms with E-state index < -0.39 is 16.5 Å². The van der Waals surface area contributed by atoms with E-state index in [9.17, 15) is 9.90 Å². The standard InChI is InChI=1S/C15H20O3S/c1-3-4-5-6-7-10-14(19)11-8-9-12-15(14,17)18-13(2)16/h8-9,11-12,17,19H,3-6H2,1-2H3/t14-,15-/m0/s1. The third kappa shape index (κ3) is 4.15. The number of thiol groups is 1. The first-order valence-electron chi connectivity index (χ1n) is 6.45. The topological polar surface area (TPSA) is 46.5 Å². The summed E-state index contributed by atoms with van der Waals surface area (Å²) in [6, 6.07) is 0. The number of carbonyl (C=O) groups excluding carboxylic acids is 1. The Bertz CT molecular complexity index is 444. The van der Waals surface area contributed by atoms with Gasteiger partial charge in [-0.3, -0.25) is 4.79 Å². The predicted octanol–water partition coefficient (Wildman–Crippen LogP) is 2.62. The Morgan fingerprint density at radius 1 is 1.37 bits per heavy atom. The van der Waals surface area contributed by atoms with Gasteiger partial charge in [-0.2, -0.15) is 0 Å². The van der Waals surface area contributed by atoms with E-state index >= 15 is 0 Å². The summed E-state index contributed by atoms with van der Waals surface area (Å²) >= 11 is 4.39. The lowest BCUT2D eigenvalue weighted by molar-refractivity contribution is -0.190. The van der Waals surface area contributed by atoms with E-state index in [0.717, 1.165) is 25.7 Å². The van der Waals surface area contributed by atoms with Gasteiger partial charge in [-0.05, 0) is 18.6 Å². The predicted molar refractivity (Wildman–Crippen MR) is 78.6 cm³/mol. The molecule has 0 unspecified atom stereocenters. The third-order valence-corrected chi connectivity index (χ3v) is 3.38. The Morgan fingerprint density at radius 3 is 2.68 bits per heavy atom. The molecule has 19 heavy (non-hydrogen) atoms. The number of rotatable bonds is 4. The molecule has 0 amide bonds. The smallest absolute Gasteiger partial charge is 0.305 e. The molecule has 0 heterocycles. The summed E-state index contributed by atoms with van der Waals surface area (Å²) in [6.45, 7) is 3.37. The lowest BCUT2D eigenvalue weighted by atomic mass is 9.92. The molecule has 2 atom stereocenters. The zero-order valence-electron chi connectivity index (χ0n) is 11.3. The summed E-state index contributed by atoms with van der Waals surface area (Å²) in [4.78, 5) is 11.1. The van der Waals surface area contributed by atoms with Crippen LogP contribution in [0.25, 0.3) is 0 Å². The lowest BCUT2D eigenvalue weighted by Crippen LogP contribution is -2.51. The zero-order valence-corrected chi connectivity index (χ0v) is 12.2. The van der Waals surface area contributed by atoms with Crippen LogP contribution in [0.3, 0.4) is 0 Å². The molecule has 1 aliphatic carbocycles. The molecular formula is C15H20O3S. The maximum atomic E-state index is 11.1. The van der Waals surface area contributed by atoms with Crippen molar-refractivity contribution in [2.24, 2.45) is 0 Å². The molecule has 0 fully saturated rings. The number of aliphatic hydroxyl groups is 1. The van der Waals surface area contributed by atoms with Crippen LogP contribution in [0.15, 0.2) is 24.3 Å². The average molecular weight is 280 g/mol. The minimum atomic E-state index is -1.82. The molecule has 3 nitrogen and oxygen atoms in total. The van der Waals surface area contributed by atoms with E-state index in [2.05, 4.69) is 31.4 Å². The van der Waals surface area contributed by atoms with Crippen molar-refractivity contribution in [1.29, 1.82) is 0 Å². The third-order valence-electron chi connectivity index (χ3n) is 2.80. The van der Waals surface area contributed by atoms with Crippen LogP contribution in [-0.2, 0) is 9.53 Å². The molecule has 0 aromatic rings. The first-order chi connectivity index (χ1) is 8.93. The van der Waals surface area contributed by atoms with E-state index in [1.165, 1.54) is 13.0 Å². The van der Waals surface area contributed by atoms with Gasteiger partial charge in [0.1, 0.15) is 0 Å². The first kappa shape index (κ1) is 15.9. The summed E-state index contributed by atoms with van der Waals surface area (Å²) < 4.78 is 3.76. The van der Waals surface area contributed by atoms with Crippen molar-refractivity contribution in [2.45, 2.75) is 50.1 Å². The molecule has 0 spiro atoms. The van der Waals surface area contributed by atoms with Crippen molar-refractivity contribution >= 4 is 18.6 Å². The molecule has 0 aliphatic heterocycles. The van der Waals surface area contributed by atoms with Crippen LogP contribution >= 0.6 is 12.6 Å². The summed E-state index contributed by atoms with van der Waals surface area (Å²) in [6.07, 6.45) is 10.4. The van der Waals surface area contributed by atoms with E-state index in [0.29, 0.717) is 0 Å². The van der Waals surface area contributed by atoms with Crippen molar-refractivity contribution in [2.75, 3.05) is 0 Å². The van der Waals surface area contributed by atoms with Crippen LogP contribution in [0.4, 0.5) is 0 Å². The van der Waals surface area contributed by atoms with Gasteiger partial charge in [-0.15, -0.1) is 18.5 Å². The fourth-order valence-electron chi connectivity index (χ4n) is 1.75. The largest absolute Gasteiger partial charge is 0.427 e. The van der Waals surface area contributed by atoms with Crippen LogP contribution in [0.5, 0.6) is 0 Å². The highest BCUT2D eigenvalue weighted by atomic mass is 32.1. The van der Waals surface area contributed by atoms with Gasteiger partial charge in [0.15, 0.2) is 4.75 Å². The van der Waals surface area contributed by atoms with Crippen molar-refractivity contribution in [1.82, 2.24) is 0 Å². The number of allylic oxidation sites excluding steroid dienone is 2. The van der Waals surface area contributed by atoms with Gasteiger partial charge in [0.05, 0.1) is 0 Å². The summed E-state index contributed by atoms with van der Waals surface area (Å²) in [5.74, 6) is 3.50. The van der Waals surface area contributed by atoms with E-state index in [-0.39, 0.29) is 0 Å². The molecule has 1 rings (SSSR count). The Kier molecular flexibility index (Phi) is 5.71. The van der Waals surface area contributed by atoms with E-state index in [1.54, 1.807) is 18.2 Å². The van der Waals surface area contributed by atoms with Crippen LogP contribution in [0.2, 0.25) is 0 Å². The molecule has 0 radical (unpaired) electrons. The number of hydrogen-bond donors (Lipinski definition) is 2. The highest BCUT2D eigenvalue weighted by molar-refractivity contribution is 7.82. The number of esters is 1. The van der Waals surface area contributed by atoms with Gasteiger partial charge in [-0.25, -0.2) is 0 Å². The van der Waals surface area contributed by atoms with Gasteiger partial charge in [0, 0.05) is 13.3 Å². The molecule has 0 bridgehead atoms. The number of ether oxygens (including phenoxy) is 1. The van der Waals surface area contributed by atoms with Crippen molar-refractivity contribution in [3.8, 4) is 11.8 Å². The molecule has 0 saturated carbocycles. The number of unbranched alkanes of at least 4 members (excludes halogenated alkanes) is 3. The second-order valence-electron chi connectivity index (χ2n) is 4.53. The number of hydrogen-bond acceptors (Lipinski definition) is 4. The van der Waals surface area contributed by atoms with Gasteiger partial charge in [0.25, 0.3) is 5.79 Å². The number of carbonyl (C=O) groups is 1. The highest BCUT2D eigenvalue weighted by Gasteiger charge is 2.48. The minimum absolute atomic E-state index is 0.575. The quantitative estimate of drug-likeness (QED) is 0.274. The Labute approximate surface area is 120 Å². The Morgan fingerprint density at radius 2 is 2.05 bits per heavy atom. The first-order valence-corrected chi connectivity index (χ1v) is 6.89. The van der Waals surface area contributed by atoms with Crippen LogP contribution in [-0.4, -0.2) is 21.6 Å². The molecule has 104 valence electrons. The van der Waals surface area contributed by atoms with Crippen LogP contribution < -0.4 is 0 Å². The zero-order chi connectivity index (χ0) is 14.4. The second kappa shape index (κ2) is 6.83. The molecule has 0 aromatic carbocycles.